The van der Waals surface area contributed by atoms with Gasteiger partial charge in [0.1, 0.15) is 5.58 Å². The number of furan rings is 2. The quantitative estimate of drug-likeness (QED) is 0.767. The predicted molar refractivity (Wildman–Crippen MR) is 76.9 cm³/mol. The molecule has 1 aliphatic rings. The van der Waals surface area contributed by atoms with Crippen molar-refractivity contribution in [1.29, 1.82) is 0 Å². The van der Waals surface area contributed by atoms with E-state index in [-0.39, 0.29) is 5.54 Å². The SMILES string of the molecule is COc1c2ccoc2c(C2(N)CCCC2)c2ccoc12. The van der Waals surface area contributed by atoms with Crippen molar-refractivity contribution in [3.05, 3.63) is 30.2 Å². The molecule has 2 N–H and O–H groups in total. The van der Waals surface area contributed by atoms with Gasteiger partial charge in [-0.05, 0) is 25.0 Å². The number of methoxy groups -OCH3 is 1. The molecule has 2 heterocycles. The van der Waals surface area contributed by atoms with Crippen LogP contribution in [0.4, 0.5) is 0 Å². The summed E-state index contributed by atoms with van der Waals surface area (Å²) in [7, 11) is 1.65. The molecule has 0 radical (unpaired) electrons. The van der Waals surface area contributed by atoms with E-state index in [0.717, 1.165) is 58.9 Å². The zero-order chi connectivity index (χ0) is 13.7. The first-order valence-corrected chi connectivity index (χ1v) is 6.98. The van der Waals surface area contributed by atoms with E-state index in [9.17, 15) is 0 Å². The Kier molecular flexibility index (Phi) is 2.39. The monoisotopic (exact) mass is 271 g/mol. The molecule has 0 spiro atoms. The first kappa shape index (κ1) is 11.9. The van der Waals surface area contributed by atoms with Gasteiger partial charge in [-0.1, -0.05) is 12.8 Å². The largest absolute Gasteiger partial charge is 0.492 e. The van der Waals surface area contributed by atoms with Crippen LogP contribution in [0, 0.1) is 0 Å². The lowest BCUT2D eigenvalue weighted by molar-refractivity contribution is 0.413. The van der Waals surface area contributed by atoms with Crippen LogP contribution in [0.1, 0.15) is 31.2 Å². The Hall–Kier alpha value is -1.94. The van der Waals surface area contributed by atoms with Gasteiger partial charge in [0.05, 0.1) is 25.0 Å². The van der Waals surface area contributed by atoms with E-state index in [4.69, 9.17) is 19.3 Å². The second-order valence-electron chi connectivity index (χ2n) is 5.60. The first-order chi connectivity index (χ1) is 9.74. The molecular formula is C16H17NO3. The van der Waals surface area contributed by atoms with E-state index < -0.39 is 0 Å². The third kappa shape index (κ3) is 1.40. The van der Waals surface area contributed by atoms with E-state index in [0.29, 0.717) is 0 Å². The summed E-state index contributed by atoms with van der Waals surface area (Å²) in [6, 6.07) is 3.88. The summed E-state index contributed by atoms with van der Waals surface area (Å²) in [5.74, 6) is 0.721. The Bertz CT molecular complexity index is 726. The summed E-state index contributed by atoms with van der Waals surface area (Å²) in [4.78, 5) is 0. The highest BCUT2D eigenvalue weighted by Crippen LogP contribution is 2.47. The normalized spacial score (nSPS) is 18.1. The molecule has 0 amide bonds. The maximum absolute atomic E-state index is 6.68. The van der Waals surface area contributed by atoms with Gasteiger partial charge in [-0.2, -0.15) is 0 Å². The van der Waals surface area contributed by atoms with Crippen molar-refractivity contribution in [2.45, 2.75) is 31.2 Å². The first-order valence-electron chi connectivity index (χ1n) is 6.98. The molecule has 1 fully saturated rings. The lowest BCUT2D eigenvalue weighted by Crippen LogP contribution is -2.33. The summed E-state index contributed by atoms with van der Waals surface area (Å²) < 4.78 is 16.9. The molecule has 0 unspecified atom stereocenters. The Labute approximate surface area is 116 Å². The third-order valence-electron chi connectivity index (χ3n) is 4.48. The number of fused-ring (bicyclic) bond motifs is 2. The minimum Gasteiger partial charge on any atom is -0.492 e. The molecule has 2 aromatic heterocycles. The van der Waals surface area contributed by atoms with E-state index in [1.54, 1.807) is 19.6 Å². The molecule has 20 heavy (non-hydrogen) atoms. The molecule has 3 aromatic rings. The second-order valence-corrected chi connectivity index (χ2v) is 5.60. The molecule has 4 nitrogen and oxygen atoms in total. The van der Waals surface area contributed by atoms with E-state index in [1.807, 2.05) is 12.1 Å². The second kappa shape index (κ2) is 4.03. The van der Waals surface area contributed by atoms with Gasteiger partial charge in [0, 0.05) is 16.5 Å². The van der Waals surface area contributed by atoms with E-state index in [1.165, 1.54) is 0 Å². The number of hydrogen-bond donors (Lipinski definition) is 1. The van der Waals surface area contributed by atoms with Crippen molar-refractivity contribution in [3.63, 3.8) is 0 Å². The molecule has 0 atom stereocenters. The molecular weight excluding hydrogens is 254 g/mol. The van der Waals surface area contributed by atoms with Crippen LogP contribution in [0.2, 0.25) is 0 Å². The summed E-state index contributed by atoms with van der Waals surface area (Å²) in [6.45, 7) is 0. The summed E-state index contributed by atoms with van der Waals surface area (Å²) in [5.41, 5.74) is 9.01. The fourth-order valence-corrected chi connectivity index (χ4v) is 3.56. The minimum absolute atomic E-state index is 0.329. The zero-order valence-electron chi connectivity index (χ0n) is 11.4. The highest BCUT2D eigenvalue weighted by molar-refractivity contribution is 6.05. The van der Waals surface area contributed by atoms with Crippen molar-refractivity contribution in [3.8, 4) is 5.75 Å². The van der Waals surface area contributed by atoms with Crippen LogP contribution in [0.15, 0.2) is 33.5 Å². The summed E-state index contributed by atoms with van der Waals surface area (Å²) >= 11 is 0. The highest BCUT2D eigenvalue weighted by Gasteiger charge is 2.37. The van der Waals surface area contributed by atoms with Crippen LogP contribution in [-0.2, 0) is 5.54 Å². The van der Waals surface area contributed by atoms with Crippen molar-refractivity contribution >= 4 is 21.9 Å². The molecule has 0 bridgehead atoms. The van der Waals surface area contributed by atoms with Crippen LogP contribution in [0.25, 0.3) is 21.9 Å². The van der Waals surface area contributed by atoms with Gasteiger partial charge in [-0.15, -0.1) is 0 Å². The molecule has 0 aliphatic heterocycles. The maximum atomic E-state index is 6.68. The van der Waals surface area contributed by atoms with Crippen molar-refractivity contribution in [1.82, 2.24) is 0 Å². The van der Waals surface area contributed by atoms with Gasteiger partial charge in [-0.3, -0.25) is 0 Å². The minimum atomic E-state index is -0.329. The number of hydrogen-bond acceptors (Lipinski definition) is 4. The lowest BCUT2D eigenvalue weighted by atomic mass is 9.85. The molecule has 1 saturated carbocycles. The number of nitrogens with two attached hydrogens (primary N) is 1. The fourth-order valence-electron chi connectivity index (χ4n) is 3.56. The zero-order valence-corrected chi connectivity index (χ0v) is 11.4. The molecule has 1 aliphatic carbocycles. The number of ether oxygens (including phenoxy) is 1. The molecule has 104 valence electrons. The lowest BCUT2D eigenvalue weighted by Gasteiger charge is -2.25. The van der Waals surface area contributed by atoms with Crippen molar-refractivity contribution in [2.75, 3.05) is 7.11 Å². The summed E-state index contributed by atoms with van der Waals surface area (Å²) in [6.07, 6.45) is 7.65. The average molecular weight is 271 g/mol. The van der Waals surface area contributed by atoms with Crippen LogP contribution >= 0.6 is 0 Å². The predicted octanol–water partition coefficient (Wildman–Crippen LogP) is 3.92. The highest BCUT2D eigenvalue weighted by atomic mass is 16.5. The van der Waals surface area contributed by atoms with Gasteiger partial charge in [-0.25, -0.2) is 0 Å². The molecule has 4 heteroatoms. The molecule has 0 saturated heterocycles. The van der Waals surface area contributed by atoms with Gasteiger partial charge in [0.15, 0.2) is 11.3 Å². The van der Waals surface area contributed by atoms with Crippen LogP contribution in [0.3, 0.4) is 0 Å². The Morgan fingerprint density at radius 1 is 1.05 bits per heavy atom. The molecule has 4 rings (SSSR count). The van der Waals surface area contributed by atoms with Crippen LogP contribution in [0.5, 0.6) is 5.75 Å². The van der Waals surface area contributed by atoms with E-state index in [2.05, 4.69) is 0 Å². The topological polar surface area (TPSA) is 61.5 Å². The number of benzene rings is 1. The van der Waals surface area contributed by atoms with Gasteiger partial charge in [0.2, 0.25) is 0 Å². The Morgan fingerprint density at radius 3 is 2.40 bits per heavy atom. The smallest absolute Gasteiger partial charge is 0.176 e. The Morgan fingerprint density at radius 2 is 1.70 bits per heavy atom. The third-order valence-corrected chi connectivity index (χ3v) is 4.48. The van der Waals surface area contributed by atoms with Crippen molar-refractivity contribution in [2.24, 2.45) is 5.73 Å². The van der Waals surface area contributed by atoms with Gasteiger partial charge in [0.25, 0.3) is 0 Å². The Balaban J connectivity index is 2.17. The maximum Gasteiger partial charge on any atom is 0.176 e. The van der Waals surface area contributed by atoms with Crippen LogP contribution in [-0.4, -0.2) is 7.11 Å². The standard InChI is InChI=1S/C16H17NO3/c1-18-14-11-5-9-19-13(11)12(10-4-8-20-15(10)14)16(17)6-2-3-7-16/h4-5,8-9H,2-3,6-7,17H2,1H3. The number of rotatable bonds is 2. The van der Waals surface area contributed by atoms with E-state index >= 15 is 0 Å². The fraction of sp³-hybridized carbons (Fsp3) is 0.375. The van der Waals surface area contributed by atoms with Crippen LogP contribution < -0.4 is 10.5 Å². The van der Waals surface area contributed by atoms with Gasteiger partial charge >= 0.3 is 0 Å². The van der Waals surface area contributed by atoms with Crippen molar-refractivity contribution < 1.29 is 13.6 Å². The molecule has 1 aromatic carbocycles. The average Bonchev–Trinajstić information content (AvgIpc) is 3.15. The van der Waals surface area contributed by atoms with Gasteiger partial charge < -0.3 is 19.3 Å². The summed E-state index contributed by atoms with van der Waals surface area (Å²) in [5, 5.41) is 1.94.